The third kappa shape index (κ3) is 5.98. The predicted molar refractivity (Wildman–Crippen MR) is 123 cm³/mol. The van der Waals surface area contributed by atoms with E-state index in [9.17, 15) is 5.11 Å². The maximum atomic E-state index is 10.5. The van der Waals surface area contributed by atoms with Crippen LogP contribution < -0.4 is 15.8 Å². The Labute approximate surface area is 187 Å². The summed E-state index contributed by atoms with van der Waals surface area (Å²) in [6, 6.07) is 7.84. The molecule has 2 aromatic rings. The molecule has 0 fully saturated rings. The SMILES string of the molecule is COCCC#CC(O)c1c(Cl)nc(N)nc1NC1C=CC(c2ccc(OC)cc2)=CC1. The molecule has 8 heteroatoms. The first-order chi connectivity index (χ1) is 15.0. The van der Waals surface area contributed by atoms with Crippen LogP contribution in [0.3, 0.4) is 0 Å². The third-order valence-corrected chi connectivity index (χ3v) is 4.99. The molecule has 2 unspecified atom stereocenters. The van der Waals surface area contributed by atoms with Crippen molar-refractivity contribution >= 4 is 28.9 Å². The van der Waals surface area contributed by atoms with Crippen molar-refractivity contribution in [1.29, 1.82) is 0 Å². The molecule has 1 aliphatic carbocycles. The second-order valence-electron chi connectivity index (χ2n) is 6.83. The molecule has 0 saturated carbocycles. The largest absolute Gasteiger partial charge is 0.497 e. The zero-order valence-electron chi connectivity index (χ0n) is 17.4. The number of allylic oxidation sites excluding steroid dienone is 2. The number of rotatable bonds is 7. The molecule has 0 radical (unpaired) electrons. The van der Waals surface area contributed by atoms with Crippen LogP contribution >= 0.6 is 11.6 Å². The number of methoxy groups -OCH3 is 2. The lowest BCUT2D eigenvalue weighted by Crippen LogP contribution is -2.21. The highest BCUT2D eigenvalue weighted by Crippen LogP contribution is 2.30. The van der Waals surface area contributed by atoms with Gasteiger partial charge >= 0.3 is 0 Å². The molecule has 31 heavy (non-hydrogen) atoms. The molecular formula is C23H25ClN4O3. The Kier molecular flexibility index (Phi) is 7.90. The number of aliphatic hydroxyl groups is 1. The van der Waals surface area contributed by atoms with E-state index in [0.717, 1.165) is 16.9 Å². The van der Waals surface area contributed by atoms with E-state index in [1.165, 1.54) is 0 Å². The first-order valence-corrected chi connectivity index (χ1v) is 10.2. The number of nitrogens with one attached hydrogen (secondary N) is 1. The Bertz CT molecular complexity index is 1030. The summed E-state index contributed by atoms with van der Waals surface area (Å²) in [7, 11) is 3.24. The molecule has 1 aromatic carbocycles. The third-order valence-electron chi connectivity index (χ3n) is 4.71. The summed E-state index contributed by atoms with van der Waals surface area (Å²) in [4.78, 5) is 8.20. The fourth-order valence-electron chi connectivity index (χ4n) is 3.11. The van der Waals surface area contributed by atoms with Crippen molar-refractivity contribution in [2.24, 2.45) is 0 Å². The molecule has 0 aliphatic heterocycles. The van der Waals surface area contributed by atoms with Gasteiger partial charge in [0.05, 0.1) is 19.3 Å². The van der Waals surface area contributed by atoms with Gasteiger partial charge in [0.2, 0.25) is 5.95 Å². The molecule has 0 spiro atoms. The number of benzene rings is 1. The smallest absolute Gasteiger partial charge is 0.223 e. The van der Waals surface area contributed by atoms with Crippen molar-refractivity contribution in [2.75, 3.05) is 31.9 Å². The minimum atomic E-state index is -1.15. The predicted octanol–water partition coefficient (Wildman–Crippen LogP) is 3.62. The minimum absolute atomic E-state index is 0.0186. The highest BCUT2D eigenvalue weighted by molar-refractivity contribution is 6.30. The van der Waals surface area contributed by atoms with Gasteiger partial charge in [-0.2, -0.15) is 4.98 Å². The summed E-state index contributed by atoms with van der Waals surface area (Å²) in [5, 5.41) is 13.9. The zero-order chi connectivity index (χ0) is 22.2. The van der Waals surface area contributed by atoms with E-state index in [1.54, 1.807) is 14.2 Å². The normalized spacial score (nSPS) is 16.1. The second-order valence-corrected chi connectivity index (χ2v) is 7.19. The van der Waals surface area contributed by atoms with Gasteiger partial charge in [-0.15, -0.1) is 0 Å². The summed E-state index contributed by atoms with van der Waals surface area (Å²) < 4.78 is 10.2. The van der Waals surface area contributed by atoms with Crippen LogP contribution in [0.4, 0.5) is 11.8 Å². The van der Waals surface area contributed by atoms with Crippen molar-refractivity contribution in [3.63, 3.8) is 0 Å². The van der Waals surface area contributed by atoms with E-state index >= 15 is 0 Å². The quantitative estimate of drug-likeness (QED) is 0.343. The fourth-order valence-corrected chi connectivity index (χ4v) is 3.38. The van der Waals surface area contributed by atoms with Gasteiger partial charge < -0.3 is 25.6 Å². The van der Waals surface area contributed by atoms with Gasteiger partial charge in [0.15, 0.2) is 0 Å². The van der Waals surface area contributed by atoms with E-state index in [-0.39, 0.29) is 17.1 Å². The molecule has 3 rings (SSSR count). The standard InChI is InChI=1S/C23H25ClN4O3/c1-30-14-4-3-5-19(29)20-21(24)27-23(25)28-22(20)26-17-10-6-15(7-11-17)16-8-12-18(31-2)13-9-16/h6-10,12-13,17,19,29H,4,11,14H2,1-2H3,(H3,25,26,27,28). The van der Waals surface area contributed by atoms with Crippen LogP contribution in [0.1, 0.15) is 30.1 Å². The zero-order valence-corrected chi connectivity index (χ0v) is 18.2. The van der Waals surface area contributed by atoms with E-state index in [4.69, 9.17) is 26.8 Å². The van der Waals surface area contributed by atoms with E-state index in [1.807, 2.05) is 36.4 Å². The minimum Gasteiger partial charge on any atom is -0.497 e. The van der Waals surface area contributed by atoms with Gasteiger partial charge in [-0.3, -0.25) is 0 Å². The van der Waals surface area contributed by atoms with Crippen LogP contribution in [0.2, 0.25) is 5.15 Å². The number of nitrogens with zero attached hydrogens (tertiary/aromatic N) is 2. The average Bonchev–Trinajstić information content (AvgIpc) is 2.77. The molecule has 0 bridgehead atoms. The van der Waals surface area contributed by atoms with Crippen LogP contribution in [0.5, 0.6) is 5.75 Å². The van der Waals surface area contributed by atoms with Crippen molar-refractivity contribution < 1.29 is 14.6 Å². The maximum Gasteiger partial charge on any atom is 0.223 e. The highest BCUT2D eigenvalue weighted by atomic mass is 35.5. The van der Waals surface area contributed by atoms with Gasteiger partial charge in [-0.25, -0.2) is 4.98 Å². The van der Waals surface area contributed by atoms with Gasteiger partial charge in [-0.1, -0.05) is 53.8 Å². The van der Waals surface area contributed by atoms with E-state index in [2.05, 4.69) is 33.2 Å². The van der Waals surface area contributed by atoms with Crippen LogP contribution in [-0.4, -0.2) is 41.9 Å². The molecule has 7 nitrogen and oxygen atoms in total. The number of anilines is 2. The molecular weight excluding hydrogens is 416 g/mol. The van der Waals surface area contributed by atoms with Crippen molar-refractivity contribution in [3.05, 3.63) is 58.8 Å². The van der Waals surface area contributed by atoms with Gasteiger partial charge in [0.25, 0.3) is 0 Å². The summed E-state index contributed by atoms with van der Waals surface area (Å²) in [6.07, 6.45) is 6.27. The summed E-state index contributed by atoms with van der Waals surface area (Å²) in [5.74, 6) is 6.81. The van der Waals surface area contributed by atoms with Crippen molar-refractivity contribution in [1.82, 2.24) is 9.97 Å². The average molecular weight is 441 g/mol. The lowest BCUT2D eigenvalue weighted by molar-refractivity contribution is 0.205. The number of aromatic nitrogens is 2. The van der Waals surface area contributed by atoms with E-state index < -0.39 is 6.10 Å². The van der Waals surface area contributed by atoms with Gasteiger partial charge in [0.1, 0.15) is 22.8 Å². The number of nitrogen functional groups attached to an aromatic ring is 1. The maximum absolute atomic E-state index is 10.5. The van der Waals surface area contributed by atoms with Crippen molar-refractivity contribution in [3.8, 4) is 17.6 Å². The number of hydrogen-bond donors (Lipinski definition) is 3. The van der Waals surface area contributed by atoms with Gasteiger partial charge in [0, 0.05) is 19.6 Å². The number of halogens is 1. The Balaban J connectivity index is 1.74. The number of hydrogen-bond acceptors (Lipinski definition) is 7. The highest BCUT2D eigenvalue weighted by Gasteiger charge is 2.21. The molecule has 0 amide bonds. The number of nitrogens with two attached hydrogens (primary N) is 1. The first-order valence-electron chi connectivity index (χ1n) is 9.79. The molecule has 1 heterocycles. The first kappa shape index (κ1) is 22.6. The molecule has 162 valence electrons. The topological polar surface area (TPSA) is 103 Å². The van der Waals surface area contributed by atoms with Gasteiger partial charge in [-0.05, 0) is 29.7 Å². The summed E-state index contributed by atoms with van der Waals surface area (Å²) in [6.45, 7) is 0.479. The lowest BCUT2D eigenvalue weighted by atomic mass is 9.97. The van der Waals surface area contributed by atoms with Crippen LogP contribution in [-0.2, 0) is 4.74 Å². The van der Waals surface area contributed by atoms with Crippen LogP contribution in [0.15, 0.2) is 42.5 Å². The fraction of sp³-hybridized carbons (Fsp3) is 0.304. The Hall–Kier alpha value is -3.05. The molecule has 2 atom stereocenters. The van der Waals surface area contributed by atoms with Crippen LogP contribution in [0.25, 0.3) is 5.57 Å². The molecule has 1 aromatic heterocycles. The number of ether oxygens (including phenoxy) is 2. The monoisotopic (exact) mass is 440 g/mol. The molecule has 4 N–H and O–H groups in total. The van der Waals surface area contributed by atoms with Crippen LogP contribution in [0, 0.1) is 11.8 Å². The Morgan fingerprint density at radius 2 is 2.06 bits per heavy atom. The second kappa shape index (κ2) is 10.8. The molecule has 1 aliphatic rings. The molecule has 0 saturated heterocycles. The van der Waals surface area contributed by atoms with Crippen molar-refractivity contribution in [2.45, 2.75) is 25.0 Å². The van der Waals surface area contributed by atoms with E-state index in [0.29, 0.717) is 30.8 Å². The Morgan fingerprint density at radius 1 is 1.29 bits per heavy atom. The Morgan fingerprint density at radius 3 is 2.71 bits per heavy atom. The summed E-state index contributed by atoms with van der Waals surface area (Å²) in [5.41, 5.74) is 8.30. The number of aliphatic hydroxyl groups excluding tert-OH is 1. The summed E-state index contributed by atoms with van der Waals surface area (Å²) >= 11 is 6.25. The lowest BCUT2D eigenvalue weighted by Gasteiger charge is -2.21.